The monoisotopic (exact) mass is 359 g/mol. The maximum Gasteiger partial charge on any atom is 0.248 e. The van der Waals surface area contributed by atoms with Gasteiger partial charge in [-0.1, -0.05) is 30.3 Å². The van der Waals surface area contributed by atoms with Gasteiger partial charge in [0.15, 0.2) is 0 Å². The molecule has 4 heteroatoms. The minimum atomic E-state index is -0.194. The highest BCUT2D eigenvalue weighted by atomic mass is 16.5. The minimum absolute atomic E-state index is 0.194. The third kappa shape index (κ3) is 5.75. The van der Waals surface area contributed by atoms with Crippen LogP contribution in [0.3, 0.4) is 0 Å². The Hall–Kier alpha value is -3.53. The van der Waals surface area contributed by atoms with Crippen molar-refractivity contribution in [1.29, 1.82) is 0 Å². The first-order valence-corrected chi connectivity index (χ1v) is 8.78. The van der Waals surface area contributed by atoms with Gasteiger partial charge in [0.05, 0.1) is 6.61 Å². The van der Waals surface area contributed by atoms with Crippen LogP contribution in [0.4, 0.5) is 5.69 Å². The molecule has 0 atom stereocenters. The second kappa shape index (κ2) is 9.25. The summed E-state index contributed by atoms with van der Waals surface area (Å²) in [6, 6.07) is 24.4. The maximum atomic E-state index is 12.1. The highest BCUT2D eigenvalue weighted by Crippen LogP contribution is 2.22. The van der Waals surface area contributed by atoms with E-state index in [0.29, 0.717) is 18.0 Å². The van der Waals surface area contributed by atoms with E-state index < -0.39 is 0 Å². The lowest BCUT2D eigenvalue weighted by molar-refractivity contribution is -0.111. The highest BCUT2D eigenvalue weighted by molar-refractivity contribution is 6.01. The van der Waals surface area contributed by atoms with E-state index in [1.807, 2.05) is 73.7 Å². The van der Waals surface area contributed by atoms with E-state index in [1.54, 1.807) is 18.2 Å². The third-order valence-corrected chi connectivity index (χ3v) is 3.72. The van der Waals surface area contributed by atoms with E-state index in [2.05, 4.69) is 5.32 Å². The topological polar surface area (TPSA) is 47.6 Å². The summed E-state index contributed by atoms with van der Waals surface area (Å²) < 4.78 is 11.1. The average molecular weight is 359 g/mol. The molecule has 0 fully saturated rings. The summed E-state index contributed by atoms with van der Waals surface area (Å²) in [6.07, 6.45) is 3.27. The molecule has 136 valence electrons. The Bertz CT molecular complexity index is 885. The van der Waals surface area contributed by atoms with Crippen molar-refractivity contribution < 1.29 is 14.3 Å². The molecule has 0 saturated heterocycles. The number of hydrogen-bond donors (Lipinski definition) is 1. The summed E-state index contributed by atoms with van der Waals surface area (Å²) in [5.74, 6) is 2.11. The first kappa shape index (κ1) is 18.3. The molecule has 3 rings (SSSR count). The van der Waals surface area contributed by atoms with Gasteiger partial charge in [-0.3, -0.25) is 4.79 Å². The van der Waals surface area contributed by atoms with Crippen LogP contribution < -0.4 is 14.8 Å². The molecular weight excluding hydrogens is 338 g/mol. The molecule has 0 radical (unpaired) electrons. The first-order chi connectivity index (χ1) is 13.2. The molecule has 0 saturated carbocycles. The summed E-state index contributed by atoms with van der Waals surface area (Å²) in [6.45, 7) is 2.57. The average Bonchev–Trinajstić information content (AvgIpc) is 2.70. The summed E-state index contributed by atoms with van der Waals surface area (Å²) in [5.41, 5.74) is 1.64. The maximum absolute atomic E-state index is 12.1. The van der Waals surface area contributed by atoms with E-state index in [9.17, 15) is 4.79 Å². The van der Waals surface area contributed by atoms with Crippen LogP contribution in [0.2, 0.25) is 0 Å². The fourth-order valence-corrected chi connectivity index (χ4v) is 2.43. The lowest BCUT2D eigenvalue weighted by Crippen LogP contribution is -2.07. The van der Waals surface area contributed by atoms with Gasteiger partial charge in [0.2, 0.25) is 5.91 Å². The number of para-hydroxylation sites is 1. The quantitative estimate of drug-likeness (QED) is 0.564. The summed E-state index contributed by atoms with van der Waals surface area (Å²) in [7, 11) is 0. The number of amides is 1. The second-order valence-electron chi connectivity index (χ2n) is 5.76. The van der Waals surface area contributed by atoms with E-state index in [1.165, 1.54) is 6.08 Å². The van der Waals surface area contributed by atoms with Gasteiger partial charge in [-0.05, 0) is 67.1 Å². The number of benzene rings is 3. The van der Waals surface area contributed by atoms with Crippen LogP contribution >= 0.6 is 0 Å². The van der Waals surface area contributed by atoms with Crippen molar-refractivity contribution in [2.24, 2.45) is 0 Å². The second-order valence-corrected chi connectivity index (χ2v) is 5.76. The number of anilines is 1. The Morgan fingerprint density at radius 1 is 0.852 bits per heavy atom. The van der Waals surface area contributed by atoms with Crippen LogP contribution in [0.5, 0.6) is 17.2 Å². The van der Waals surface area contributed by atoms with Crippen LogP contribution in [0.25, 0.3) is 6.08 Å². The van der Waals surface area contributed by atoms with Crippen molar-refractivity contribution in [3.05, 3.63) is 90.5 Å². The van der Waals surface area contributed by atoms with Gasteiger partial charge in [0, 0.05) is 11.8 Å². The molecular formula is C23H21NO3. The number of carbonyl (C=O) groups excluding carboxylic acids is 1. The van der Waals surface area contributed by atoms with Crippen molar-refractivity contribution in [2.75, 3.05) is 11.9 Å². The number of nitrogens with one attached hydrogen (secondary N) is 1. The number of rotatable bonds is 7. The van der Waals surface area contributed by atoms with Gasteiger partial charge in [-0.2, -0.15) is 0 Å². The Balaban J connectivity index is 1.54. The Kier molecular flexibility index (Phi) is 6.26. The van der Waals surface area contributed by atoms with Crippen molar-refractivity contribution in [3.63, 3.8) is 0 Å². The molecule has 3 aromatic carbocycles. The molecule has 27 heavy (non-hydrogen) atoms. The van der Waals surface area contributed by atoms with E-state index >= 15 is 0 Å². The molecule has 0 bridgehead atoms. The number of ether oxygens (including phenoxy) is 2. The van der Waals surface area contributed by atoms with Gasteiger partial charge in [0.1, 0.15) is 17.2 Å². The van der Waals surface area contributed by atoms with E-state index in [-0.39, 0.29) is 5.91 Å². The molecule has 0 aliphatic carbocycles. The van der Waals surface area contributed by atoms with Crippen LogP contribution in [0.15, 0.2) is 84.9 Å². The van der Waals surface area contributed by atoms with E-state index in [0.717, 1.165) is 17.1 Å². The molecule has 1 N–H and O–H groups in total. The Morgan fingerprint density at radius 2 is 1.48 bits per heavy atom. The molecule has 0 aliphatic rings. The van der Waals surface area contributed by atoms with Crippen LogP contribution in [-0.2, 0) is 4.79 Å². The molecule has 3 aromatic rings. The lowest BCUT2D eigenvalue weighted by Gasteiger charge is -2.07. The summed E-state index contributed by atoms with van der Waals surface area (Å²) in [4.78, 5) is 12.1. The van der Waals surface area contributed by atoms with Gasteiger partial charge in [0.25, 0.3) is 0 Å². The predicted octanol–water partition coefficient (Wildman–Crippen LogP) is 5.53. The fourth-order valence-electron chi connectivity index (χ4n) is 2.43. The van der Waals surface area contributed by atoms with Crippen LogP contribution in [0, 0.1) is 0 Å². The van der Waals surface area contributed by atoms with Crippen molar-refractivity contribution in [1.82, 2.24) is 0 Å². The molecule has 0 aliphatic heterocycles. The lowest BCUT2D eigenvalue weighted by atomic mass is 10.2. The van der Waals surface area contributed by atoms with Crippen LogP contribution in [0.1, 0.15) is 12.5 Å². The molecule has 0 spiro atoms. The van der Waals surface area contributed by atoms with Crippen molar-refractivity contribution in [3.8, 4) is 17.2 Å². The highest BCUT2D eigenvalue weighted by Gasteiger charge is 2.00. The van der Waals surface area contributed by atoms with Crippen molar-refractivity contribution in [2.45, 2.75) is 6.92 Å². The molecule has 0 unspecified atom stereocenters. The van der Waals surface area contributed by atoms with Gasteiger partial charge in [-0.25, -0.2) is 0 Å². The van der Waals surface area contributed by atoms with Crippen LogP contribution in [-0.4, -0.2) is 12.5 Å². The minimum Gasteiger partial charge on any atom is -0.494 e. The Morgan fingerprint density at radius 3 is 2.15 bits per heavy atom. The number of carbonyl (C=O) groups is 1. The zero-order chi connectivity index (χ0) is 18.9. The zero-order valence-electron chi connectivity index (χ0n) is 15.1. The largest absolute Gasteiger partial charge is 0.494 e. The van der Waals surface area contributed by atoms with Gasteiger partial charge >= 0.3 is 0 Å². The molecule has 0 heterocycles. The molecule has 1 amide bonds. The van der Waals surface area contributed by atoms with Gasteiger partial charge < -0.3 is 14.8 Å². The van der Waals surface area contributed by atoms with E-state index in [4.69, 9.17) is 9.47 Å². The fraction of sp³-hybridized carbons (Fsp3) is 0.0870. The summed E-state index contributed by atoms with van der Waals surface area (Å²) in [5, 5.41) is 2.83. The Labute approximate surface area is 159 Å². The molecule has 4 nitrogen and oxygen atoms in total. The van der Waals surface area contributed by atoms with Gasteiger partial charge in [-0.15, -0.1) is 0 Å². The standard InChI is InChI=1S/C23H21NO3/c1-2-26-20-13-8-18(9-14-20)10-17-23(25)24-19-11-15-22(16-12-19)27-21-6-4-3-5-7-21/h3-17H,2H2,1H3,(H,24,25)/b17-10+. The number of hydrogen-bond acceptors (Lipinski definition) is 3. The predicted molar refractivity (Wildman–Crippen MR) is 108 cm³/mol. The SMILES string of the molecule is CCOc1ccc(/C=C/C(=O)Nc2ccc(Oc3ccccc3)cc2)cc1. The van der Waals surface area contributed by atoms with Crippen molar-refractivity contribution >= 4 is 17.7 Å². The molecule has 0 aromatic heterocycles. The normalized spacial score (nSPS) is 10.6. The summed E-state index contributed by atoms with van der Waals surface area (Å²) >= 11 is 0. The first-order valence-electron chi connectivity index (χ1n) is 8.78. The smallest absolute Gasteiger partial charge is 0.248 e. The third-order valence-electron chi connectivity index (χ3n) is 3.72. The zero-order valence-corrected chi connectivity index (χ0v) is 15.1.